The van der Waals surface area contributed by atoms with Gasteiger partial charge in [0.15, 0.2) is 11.6 Å². The van der Waals surface area contributed by atoms with Crippen molar-refractivity contribution >= 4 is 50.4 Å². The van der Waals surface area contributed by atoms with E-state index in [4.69, 9.17) is 9.97 Å². The van der Waals surface area contributed by atoms with Crippen molar-refractivity contribution in [3.63, 3.8) is 0 Å². The number of fused-ring (bicyclic) bond motifs is 1. The summed E-state index contributed by atoms with van der Waals surface area (Å²) in [6.45, 7) is 9.01. The van der Waals surface area contributed by atoms with Gasteiger partial charge in [0, 0.05) is 41.7 Å². The molecule has 4 aromatic rings. The van der Waals surface area contributed by atoms with E-state index in [2.05, 4.69) is 41.4 Å². The molecule has 2 atom stereocenters. The van der Waals surface area contributed by atoms with Crippen LogP contribution < -0.4 is 4.90 Å². The Morgan fingerprint density at radius 1 is 1.08 bits per heavy atom. The van der Waals surface area contributed by atoms with Crippen LogP contribution in [0.3, 0.4) is 0 Å². The molecule has 0 saturated heterocycles. The second-order valence-electron chi connectivity index (χ2n) is 10.6. The number of halogens is 2. The Labute approximate surface area is 238 Å². The fourth-order valence-electron chi connectivity index (χ4n) is 4.38. The number of anilines is 1. The van der Waals surface area contributed by atoms with Crippen molar-refractivity contribution in [2.75, 3.05) is 18.0 Å². The molecule has 4 heterocycles. The van der Waals surface area contributed by atoms with Gasteiger partial charge < -0.3 is 9.45 Å². The monoisotopic (exact) mass is 609 g/mol. The molecule has 1 aliphatic heterocycles. The fourth-order valence-corrected chi connectivity index (χ4v) is 5.41. The lowest BCUT2D eigenvalue weighted by Gasteiger charge is -2.28. The highest BCUT2D eigenvalue weighted by Crippen LogP contribution is 2.32. The highest BCUT2D eigenvalue weighted by molar-refractivity contribution is 9.10. The molecule has 1 aromatic carbocycles. The molecular weight excluding hydrogens is 581 g/mol. The van der Waals surface area contributed by atoms with E-state index in [0.717, 1.165) is 45.5 Å². The molecule has 5 rings (SSSR count). The molecule has 202 valence electrons. The molecule has 8 nitrogen and oxygen atoms in total. The zero-order valence-electron chi connectivity index (χ0n) is 22.2. The molecule has 0 fully saturated rings. The molecule has 0 saturated carbocycles. The molecule has 11 heteroatoms. The molecule has 0 N–H and O–H groups in total. The minimum absolute atomic E-state index is 0.325. The zero-order chi connectivity index (χ0) is 27.8. The molecular formula is C28H29BrFN7OS. The van der Waals surface area contributed by atoms with Crippen molar-refractivity contribution in [2.45, 2.75) is 44.3 Å². The van der Waals surface area contributed by atoms with E-state index in [9.17, 15) is 8.94 Å². The van der Waals surface area contributed by atoms with Crippen LogP contribution in [0.2, 0.25) is 0 Å². The van der Waals surface area contributed by atoms with Crippen LogP contribution in [0.4, 0.5) is 10.2 Å². The van der Waals surface area contributed by atoms with Gasteiger partial charge in [-0.3, -0.25) is 0 Å². The summed E-state index contributed by atoms with van der Waals surface area (Å²) in [7, 11) is 0. The second-order valence-corrected chi connectivity index (χ2v) is 13.4. The quantitative estimate of drug-likeness (QED) is 0.210. The van der Waals surface area contributed by atoms with E-state index in [1.165, 1.54) is 12.1 Å². The molecule has 1 unspecified atom stereocenters. The highest BCUT2D eigenvalue weighted by Gasteiger charge is 2.32. The Hall–Kier alpha value is -3.15. The zero-order valence-corrected chi connectivity index (χ0v) is 24.6. The minimum atomic E-state index is -1.44. The molecule has 0 spiro atoms. The number of benzene rings is 1. The third-order valence-corrected chi connectivity index (χ3v) is 8.55. The molecule has 0 aliphatic carbocycles. The van der Waals surface area contributed by atoms with E-state index < -0.39 is 21.5 Å². The van der Waals surface area contributed by atoms with Crippen molar-refractivity contribution < 1.29 is 8.94 Å². The lowest BCUT2D eigenvalue weighted by molar-refractivity contribution is 0.561. The minimum Gasteiger partial charge on any atom is -0.591 e. The lowest BCUT2D eigenvalue weighted by atomic mass is 9.78. The number of hydrogen-bond donors (Lipinski definition) is 0. The molecule has 0 amide bonds. The van der Waals surface area contributed by atoms with Crippen LogP contribution in [-0.2, 0) is 16.8 Å². The summed E-state index contributed by atoms with van der Waals surface area (Å²) in [5.74, 6) is 1.21. The van der Waals surface area contributed by atoms with E-state index >= 15 is 0 Å². The van der Waals surface area contributed by atoms with Crippen molar-refractivity contribution in [1.29, 1.82) is 0 Å². The highest BCUT2D eigenvalue weighted by atomic mass is 79.9. The smallest absolute Gasteiger partial charge is 0.156 e. The SMILES string of the molecule is CC(C)(C)[S+]([O-])N=C[C@@](C)(c1ccc(F)cc1)c1cnc(C2=CCN(c3ncnn4cc(Br)cc34)CC2)nc1. The maximum Gasteiger partial charge on any atom is 0.156 e. The first-order chi connectivity index (χ1) is 18.5. The van der Waals surface area contributed by atoms with Gasteiger partial charge in [-0.2, -0.15) is 5.10 Å². The Bertz CT molecular complexity index is 1530. The van der Waals surface area contributed by atoms with Gasteiger partial charge in [0.05, 0.1) is 11.6 Å². The molecule has 3 aromatic heterocycles. The second kappa shape index (κ2) is 10.8. The summed E-state index contributed by atoms with van der Waals surface area (Å²) < 4.78 is 33.0. The number of rotatable bonds is 6. The topological polar surface area (TPSA) is 94.6 Å². The van der Waals surface area contributed by atoms with E-state index in [1.54, 1.807) is 37.1 Å². The first-order valence-corrected chi connectivity index (χ1v) is 14.4. The molecule has 1 aliphatic rings. The van der Waals surface area contributed by atoms with E-state index in [0.29, 0.717) is 12.4 Å². The predicted octanol–water partition coefficient (Wildman–Crippen LogP) is 5.55. The first kappa shape index (κ1) is 27.4. The number of nitrogens with zero attached hydrogens (tertiary/aromatic N) is 7. The largest absolute Gasteiger partial charge is 0.591 e. The van der Waals surface area contributed by atoms with Crippen LogP contribution in [0, 0.1) is 5.82 Å². The van der Waals surface area contributed by atoms with Crippen LogP contribution >= 0.6 is 15.9 Å². The van der Waals surface area contributed by atoms with Gasteiger partial charge in [0.2, 0.25) is 0 Å². The van der Waals surface area contributed by atoms with Crippen molar-refractivity contribution in [2.24, 2.45) is 4.40 Å². The normalized spacial score (nSPS) is 16.9. The summed E-state index contributed by atoms with van der Waals surface area (Å²) in [5, 5.41) is 4.28. The number of hydrogen-bond acceptors (Lipinski definition) is 7. The van der Waals surface area contributed by atoms with E-state index in [-0.39, 0.29) is 5.82 Å². The van der Waals surface area contributed by atoms with Gasteiger partial charge >= 0.3 is 0 Å². The van der Waals surface area contributed by atoms with Crippen LogP contribution in [0.15, 0.2) is 70.2 Å². The van der Waals surface area contributed by atoms with Gasteiger partial charge in [-0.05, 0) is 79.4 Å². The Balaban J connectivity index is 1.40. The van der Waals surface area contributed by atoms with Gasteiger partial charge in [-0.15, -0.1) is 0 Å². The van der Waals surface area contributed by atoms with Crippen LogP contribution in [0.25, 0.3) is 11.1 Å². The van der Waals surface area contributed by atoms with Gasteiger partial charge in [0.1, 0.15) is 33.8 Å². The first-order valence-electron chi connectivity index (χ1n) is 12.5. The van der Waals surface area contributed by atoms with Crippen LogP contribution in [0.1, 0.15) is 51.1 Å². The number of aromatic nitrogens is 5. The third-order valence-electron chi connectivity index (χ3n) is 6.77. The standard InChI is InChI=1S/C28H29BrFN7OS/c1-27(2,3)39(38)35-17-28(4,20-5-7-23(30)8-6-20)21-14-31-25(32-15-21)19-9-11-36(12-10-19)26-24-13-22(29)16-37(24)34-18-33-26/h5-9,13-18H,10-12H2,1-4H3/t28-,39?/m0/s1. The van der Waals surface area contributed by atoms with Gasteiger partial charge in [-0.25, -0.2) is 23.9 Å². The fraction of sp³-hybridized carbons (Fsp3) is 0.321. The van der Waals surface area contributed by atoms with Gasteiger partial charge in [0.25, 0.3) is 0 Å². The molecule has 0 bridgehead atoms. The summed E-state index contributed by atoms with van der Waals surface area (Å²) in [4.78, 5) is 16.1. The molecule has 0 radical (unpaired) electrons. The average molecular weight is 611 g/mol. The van der Waals surface area contributed by atoms with E-state index in [1.807, 2.05) is 44.5 Å². The summed E-state index contributed by atoms with van der Waals surface area (Å²) in [6.07, 6.45) is 11.6. The summed E-state index contributed by atoms with van der Waals surface area (Å²) >= 11 is 2.07. The Morgan fingerprint density at radius 3 is 2.44 bits per heavy atom. The average Bonchev–Trinajstić information content (AvgIpc) is 3.32. The maximum atomic E-state index is 13.7. The van der Waals surface area contributed by atoms with Crippen molar-refractivity contribution in [1.82, 2.24) is 24.6 Å². The lowest BCUT2D eigenvalue weighted by Crippen LogP contribution is -2.31. The Kier molecular flexibility index (Phi) is 7.58. The predicted molar refractivity (Wildman–Crippen MR) is 157 cm³/mol. The summed E-state index contributed by atoms with van der Waals surface area (Å²) in [6, 6.07) is 8.25. The van der Waals surface area contributed by atoms with Crippen LogP contribution in [0.5, 0.6) is 0 Å². The third kappa shape index (κ3) is 5.75. The van der Waals surface area contributed by atoms with Crippen molar-refractivity contribution in [3.05, 3.63) is 88.6 Å². The summed E-state index contributed by atoms with van der Waals surface area (Å²) in [5.41, 5.74) is 2.78. The van der Waals surface area contributed by atoms with Crippen LogP contribution in [-0.4, -0.2) is 53.2 Å². The maximum absolute atomic E-state index is 13.7. The van der Waals surface area contributed by atoms with Gasteiger partial charge in [-0.1, -0.05) is 22.6 Å². The van der Waals surface area contributed by atoms with Crippen molar-refractivity contribution in [3.8, 4) is 0 Å². The Morgan fingerprint density at radius 2 is 1.79 bits per heavy atom. The molecule has 39 heavy (non-hydrogen) atoms.